The summed E-state index contributed by atoms with van der Waals surface area (Å²) in [4.78, 5) is 28.3. The minimum atomic E-state index is -0.218. The van der Waals surface area contributed by atoms with Gasteiger partial charge in [0.2, 0.25) is 17.2 Å². The van der Waals surface area contributed by atoms with Gasteiger partial charge in [-0.2, -0.15) is 0 Å². The Morgan fingerprint density at radius 2 is 2.00 bits per heavy atom. The molecule has 3 aromatic rings. The Morgan fingerprint density at radius 3 is 2.73 bits per heavy atom. The molecule has 0 saturated carbocycles. The van der Waals surface area contributed by atoms with Crippen LogP contribution < -0.4 is 10.7 Å². The van der Waals surface area contributed by atoms with Gasteiger partial charge in [0.25, 0.3) is 0 Å². The molecule has 1 aliphatic rings. The van der Waals surface area contributed by atoms with Crippen molar-refractivity contribution in [2.75, 3.05) is 25.0 Å². The fourth-order valence-corrected chi connectivity index (χ4v) is 4.21. The summed E-state index contributed by atoms with van der Waals surface area (Å²) in [5.74, 6) is 0.570. The number of rotatable bonds is 4. The number of nitrogens with one attached hydrogen (secondary N) is 1. The van der Waals surface area contributed by atoms with Crippen molar-refractivity contribution in [1.82, 2.24) is 4.90 Å². The molecule has 1 N–H and O–H groups in total. The highest BCUT2D eigenvalue weighted by molar-refractivity contribution is 6.31. The highest BCUT2D eigenvalue weighted by Crippen LogP contribution is 2.30. The molecule has 1 amide bonds. The van der Waals surface area contributed by atoms with Crippen molar-refractivity contribution >= 4 is 34.4 Å². The summed E-state index contributed by atoms with van der Waals surface area (Å²) < 4.78 is 5.99. The summed E-state index contributed by atoms with van der Waals surface area (Å²) in [7, 11) is 0. The number of aryl methyl sites for hydroxylation is 1. The summed E-state index contributed by atoms with van der Waals surface area (Å²) in [6, 6.07) is 12.5. The van der Waals surface area contributed by atoms with E-state index in [-0.39, 0.29) is 23.8 Å². The molecule has 0 aliphatic carbocycles. The third kappa shape index (κ3) is 4.42. The van der Waals surface area contributed by atoms with E-state index in [2.05, 4.69) is 17.1 Å². The molecule has 0 bridgehead atoms. The number of halogens is 1. The van der Waals surface area contributed by atoms with E-state index in [4.69, 9.17) is 16.0 Å². The lowest BCUT2D eigenvalue weighted by Crippen LogP contribution is -2.39. The molecule has 2 aromatic carbocycles. The van der Waals surface area contributed by atoms with Crippen LogP contribution in [0.3, 0.4) is 0 Å². The predicted octanol–water partition coefficient (Wildman–Crippen LogP) is 5.09. The number of hydrogen-bond acceptors (Lipinski definition) is 4. The number of nitrogens with zero attached hydrogens (tertiary/aromatic N) is 1. The number of anilines is 1. The molecule has 0 unspecified atom stereocenters. The van der Waals surface area contributed by atoms with Crippen LogP contribution in [-0.4, -0.2) is 30.4 Å². The van der Waals surface area contributed by atoms with Gasteiger partial charge in [-0.3, -0.25) is 19.8 Å². The van der Waals surface area contributed by atoms with Gasteiger partial charge < -0.3 is 4.42 Å². The van der Waals surface area contributed by atoms with Gasteiger partial charge in [0.15, 0.2) is 0 Å². The fourth-order valence-electron chi connectivity index (χ4n) is 4.04. The Bertz CT molecular complexity index is 1140. The molecule has 30 heavy (non-hydrogen) atoms. The minimum absolute atomic E-state index is 0.175. The van der Waals surface area contributed by atoms with Crippen LogP contribution in [0, 0.1) is 12.8 Å². The number of hydrogen-bond donors (Lipinski definition) is 1. The van der Waals surface area contributed by atoms with Crippen LogP contribution in [0.5, 0.6) is 0 Å². The second-order valence-electron chi connectivity index (χ2n) is 8.17. The monoisotopic (exact) mass is 424 g/mol. The summed E-state index contributed by atoms with van der Waals surface area (Å²) in [5.41, 5.74) is 2.28. The first-order chi connectivity index (χ1) is 14.4. The normalized spacial score (nSPS) is 17.2. The highest BCUT2D eigenvalue weighted by atomic mass is 35.5. The zero-order valence-electron chi connectivity index (χ0n) is 17.2. The predicted molar refractivity (Wildman–Crippen MR) is 121 cm³/mol. The van der Waals surface area contributed by atoms with Crippen LogP contribution in [0.4, 0.5) is 5.88 Å². The average molecular weight is 425 g/mol. The van der Waals surface area contributed by atoms with Gasteiger partial charge in [0, 0.05) is 11.6 Å². The Hall–Kier alpha value is -2.63. The zero-order chi connectivity index (χ0) is 21.3. The molecule has 2 heterocycles. The molecule has 4 rings (SSSR count). The Balaban J connectivity index is 1.73. The third-order valence-corrected chi connectivity index (χ3v) is 5.79. The molecule has 1 fully saturated rings. The zero-order valence-corrected chi connectivity index (χ0v) is 18.0. The third-order valence-electron chi connectivity index (χ3n) is 5.55. The number of carbonyl (C=O) groups is 1. The van der Waals surface area contributed by atoms with Crippen LogP contribution in [0.15, 0.2) is 51.7 Å². The highest BCUT2D eigenvalue weighted by Gasteiger charge is 2.22. The number of fused-ring (bicyclic) bond motifs is 1. The van der Waals surface area contributed by atoms with Gasteiger partial charge in [-0.1, -0.05) is 48.4 Å². The van der Waals surface area contributed by atoms with Crippen LogP contribution in [0.1, 0.15) is 25.3 Å². The van der Waals surface area contributed by atoms with Crippen LogP contribution in [0.25, 0.3) is 22.1 Å². The molecule has 0 spiro atoms. The van der Waals surface area contributed by atoms with Crippen molar-refractivity contribution < 1.29 is 9.21 Å². The first-order valence-corrected chi connectivity index (χ1v) is 10.6. The molecular formula is C24H25ClN2O3. The minimum Gasteiger partial charge on any atom is -0.439 e. The topological polar surface area (TPSA) is 62.6 Å². The van der Waals surface area contributed by atoms with E-state index in [1.54, 1.807) is 18.2 Å². The number of carbonyl (C=O) groups excluding carboxylic acids is 1. The van der Waals surface area contributed by atoms with Crippen LogP contribution in [0.2, 0.25) is 5.02 Å². The van der Waals surface area contributed by atoms with E-state index in [9.17, 15) is 9.59 Å². The van der Waals surface area contributed by atoms with Gasteiger partial charge in [0.1, 0.15) is 5.58 Å². The maximum Gasteiger partial charge on any atom is 0.240 e. The smallest absolute Gasteiger partial charge is 0.240 e. The van der Waals surface area contributed by atoms with E-state index in [0.29, 0.717) is 33.0 Å². The Morgan fingerprint density at radius 1 is 1.23 bits per heavy atom. The molecule has 0 radical (unpaired) electrons. The van der Waals surface area contributed by atoms with Gasteiger partial charge in [-0.05, 0) is 56.0 Å². The largest absolute Gasteiger partial charge is 0.439 e. The van der Waals surface area contributed by atoms with Gasteiger partial charge in [0.05, 0.1) is 17.5 Å². The lowest BCUT2D eigenvalue weighted by atomic mass is 10.0. The van der Waals surface area contributed by atoms with Crippen molar-refractivity contribution in [3.63, 3.8) is 0 Å². The second kappa shape index (κ2) is 8.62. The summed E-state index contributed by atoms with van der Waals surface area (Å²) in [5, 5.41) is 3.70. The number of amides is 1. The van der Waals surface area contributed by atoms with E-state index in [1.807, 2.05) is 31.2 Å². The molecule has 1 aromatic heterocycles. The Kier molecular flexibility index (Phi) is 5.93. The first kappa shape index (κ1) is 20.6. The van der Waals surface area contributed by atoms with Crippen LogP contribution in [-0.2, 0) is 4.79 Å². The maximum absolute atomic E-state index is 13.3. The summed E-state index contributed by atoms with van der Waals surface area (Å²) >= 11 is 6.10. The maximum atomic E-state index is 13.3. The molecule has 1 aliphatic heterocycles. The van der Waals surface area contributed by atoms with Gasteiger partial charge >= 0.3 is 0 Å². The van der Waals surface area contributed by atoms with E-state index >= 15 is 0 Å². The van der Waals surface area contributed by atoms with Gasteiger partial charge in [-0.15, -0.1) is 0 Å². The standard InChI is InChI=1S/C24H25ClN2O3/c1-15-5-7-17(8-6-15)22-23(29)19-12-18(25)9-10-20(19)30-24(22)26-21(28)14-27-11-3-4-16(2)13-27/h5-10,12,16H,3-4,11,13-14H2,1-2H3,(H,26,28)/t16-/m0/s1. The SMILES string of the molecule is Cc1ccc(-c2c(NC(=O)CN3CCC[C@H](C)C3)oc3ccc(Cl)cc3c2=O)cc1. The van der Waals surface area contributed by atoms with Gasteiger partial charge in [-0.25, -0.2) is 0 Å². The van der Waals surface area contributed by atoms with E-state index in [1.165, 1.54) is 6.42 Å². The lowest BCUT2D eigenvalue weighted by Gasteiger charge is -2.30. The summed E-state index contributed by atoms with van der Waals surface area (Å²) in [6.07, 6.45) is 2.28. The quantitative estimate of drug-likeness (QED) is 0.633. The van der Waals surface area contributed by atoms with Crippen LogP contribution >= 0.6 is 11.6 Å². The lowest BCUT2D eigenvalue weighted by molar-refractivity contribution is -0.117. The molecule has 1 saturated heterocycles. The first-order valence-electron chi connectivity index (χ1n) is 10.3. The second-order valence-corrected chi connectivity index (χ2v) is 8.61. The fraction of sp³-hybridized carbons (Fsp3) is 0.333. The molecule has 1 atom stereocenters. The number of piperidine rings is 1. The van der Waals surface area contributed by atoms with Crippen molar-refractivity contribution in [3.05, 3.63) is 63.3 Å². The van der Waals surface area contributed by atoms with Crippen molar-refractivity contribution in [2.24, 2.45) is 5.92 Å². The van der Waals surface area contributed by atoms with E-state index < -0.39 is 0 Å². The van der Waals surface area contributed by atoms with E-state index in [0.717, 1.165) is 25.1 Å². The van der Waals surface area contributed by atoms with Crippen molar-refractivity contribution in [1.29, 1.82) is 0 Å². The molecule has 6 heteroatoms. The number of likely N-dealkylation sites (tertiary alicyclic amines) is 1. The van der Waals surface area contributed by atoms with Crippen molar-refractivity contribution in [2.45, 2.75) is 26.7 Å². The summed E-state index contributed by atoms with van der Waals surface area (Å²) in [6.45, 7) is 6.27. The number of benzene rings is 2. The molecule has 156 valence electrons. The Labute approximate surface area is 180 Å². The molecular weight excluding hydrogens is 400 g/mol. The van der Waals surface area contributed by atoms with Crippen molar-refractivity contribution in [3.8, 4) is 11.1 Å². The average Bonchev–Trinajstić information content (AvgIpc) is 2.70. The molecule has 5 nitrogen and oxygen atoms in total.